The molecule has 0 aliphatic rings. The average molecular weight is 213 g/mol. The maximum absolute atomic E-state index is 5.25. The van der Waals surface area contributed by atoms with Gasteiger partial charge in [-0.1, -0.05) is 13.8 Å². The van der Waals surface area contributed by atoms with Gasteiger partial charge >= 0.3 is 0 Å². The number of aryl methyl sites for hydroxylation is 1. The van der Waals surface area contributed by atoms with Crippen LogP contribution in [0.2, 0.25) is 0 Å². The van der Waals surface area contributed by atoms with E-state index < -0.39 is 0 Å². The van der Waals surface area contributed by atoms with Crippen molar-refractivity contribution in [3.05, 3.63) is 18.1 Å². The van der Waals surface area contributed by atoms with Crippen molar-refractivity contribution in [2.24, 2.45) is 0 Å². The Morgan fingerprint density at radius 3 is 2.79 bits per heavy atom. The number of hydrogen-bond acceptors (Lipinski definition) is 3. The Balaban J connectivity index is 2.35. The maximum atomic E-state index is 5.25. The van der Waals surface area contributed by atoms with Crippen LogP contribution in [0.15, 0.2) is 21.6 Å². The highest BCUT2D eigenvalue weighted by atomic mass is 32.2. The van der Waals surface area contributed by atoms with Crippen LogP contribution in [0.1, 0.15) is 26.0 Å². The summed E-state index contributed by atoms with van der Waals surface area (Å²) < 4.78 is 5.25. The lowest BCUT2D eigenvalue weighted by molar-refractivity contribution is 0.526. The Bertz CT molecular complexity index is 260. The van der Waals surface area contributed by atoms with E-state index in [4.69, 9.17) is 4.42 Å². The zero-order valence-corrected chi connectivity index (χ0v) is 9.99. The monoisotopic (exact) mass is 213 g/mol. The third kappa shape index (κ3) is 3.39. The smallest absolute Gasteiger partial charge is 0.114 e. The van der Waals surface area contributed by atoms with Crippen LogP contribution in [0.3, 0.4) is 0 Å². The molecular formula is C11H19NOS. The summed E-state index contributed by atoms with van der Waals surface area (Å²) in [5, 5.41) is 3.46. The van der Waals surface area contributed by atoms with Gasteiger partial charge < -0.3 is 9.73 Å². The molecule has 0 spiro atoms. The van der Waals surface area contributed by atoms with Gasteiger partial charge in [0.1, 0.15) is 5.76 Å². The van der Waals surface area contributed by atoms with Crippen molar-refractivity contribution in [3.63, 3.8) is 0 Å². The first-order valence-corrected chi connectivity index (χ1v) is 6.16. The van der Waals surface area contributed by atoms with Crippen LogP contribution in [0.5, 0.6) is 0 Å². The van der Waals surface area contributed by atoms with E-state index in [1.807, 2.05) is 24.8 Å². The molecule has 0 amide bonds. The number of rotatable bonds is 6. The van der Waals surface area contributed by atoms with E-state index in [9.17, 15) is 0 Å². The van der Waals surface area contributed by atoms with Crippen molar-refractivity contribution in [2.75, 3.05) is 12.3 Å². The number of nitrogens with one attached hydrogen (secondary N) is 1. The zero-order chi connectivity index (χ0) is 10.4. The lowest BCUT2D eigenvalue weighted by atomic mass is 10.2. The summed E-state index contributed by atoms with van der Waals surface area (Å²) in [5.41, 5.74) is 0. The molecule has 2 nitrogen and oxygen atoms in total. The van der Waals surface area contributed by atoms with Crippen LogP contribution in [0.25, 0.3) is 0 Å². The normalized spacial score (nSPS) is 13.1. The fourth-order valence-electron chi connectivity index (χ4n) is 1.32. The van der Waals surface area contributed by atoms with E-state index in [-0.39, 0.29) is 0 Å². The lowest BCUT2D eigenvalue weighted by Crippen LogP contribution is -2.30. The van der Waals surface area contributed by atoms with Crippen LogP contribution >= 0.6 is 11.8 Å². The van der Waals surface area contributed by atoms with Crippen molar-refractivity contribution < 1.29 is 4.42 Å². The van der Waals surface area contributed by atoms with E-state index >= 15 is 0 Å². The molecule has 1 aromatic rings. The van der Waals surface area contributed by atoms with E-state index in [2.05, 4.69) is 19.2 Å². The Morgan fingerprint density at radius 1 is 1.50 bits per heavy atom. The summed E-state index contributed by atoms with van der Waals surface area (Å²) in [6, 6.07) is 2.65. The van der Waals surface area contributed by atoms with E-state index in [1.54, 1.807) is 6.26 Å². The van der Waals surface area contributed by atoms with Crippen LogP contribution in [-0.4, -0.2) is 18.3 Å². The molecule has 0 fully saturated rings. The Kier molecular flexibility index (Phi) is 5.12. The van der Waals surface area contributed by atoms with Gasteiger partial charge in [-0.15, -0.1) is 11.8 Å². The van der Waals surface area contributed by atoms with Crippen molar-refractivity contribution >= 4 is 11.8 Å². The molecule has 1 heterocycles. The van der Waals surface area contributed by atoms with Crippen LogP contribution < -0.4 is 5.32 Å². The van der Waals surface area contributed by atoms with Crippen LogP contribution in [0, 0.1) is 6.92 Å². The number of furan rings is 1. The predicted octanol–water partition coefficient (Wildman–Crippen LogP) is 3.07. The predicted molar refractivity (Wildman–Crippen MR) is 61.9 cm³/mol. The fraction of sp³-hybridized carbons (Fsp3) is 0.636. The standard InChI is InChI=1S/C11H19NOS/c1-4-10(12-5-2)8-14-11-6-7-13-9(11)3/h6-7,10,12H,4-5,8H2,1-3H3. The van der Waals surface area contributed by atoms with Gasteiger partial charge in [-0.25, -0.2) is 0 Å². The van der Waals surface area contributed by atoms with Crippen molar-refractivity contribution in [3.8, 4) is 0 Å². The van der Waals surface area contributed by atoms with Crippen molar-refractivity contribution in [1.82, 2.24) is 5.32 Å². The first-order chi connectivity index (χ1) is 6.77. The minimum absolute atomic E-state index is 0.610. The molecule has 0 radical (unpaired) electrons. The molecule has 1 aromatic heterocycles. The lowest BCUT2D eigenvalue weighted by Gasteiger charge is -2.14. The molecule has 14 heavy (non-hydrogen) atoms. The largest absolute Gasteiger partial charge is 0.468 e. The SMILES string of the molecule is CCNC(CC)CSc1ccoc1C. The quantitative estimate of drug-likeness (QED) is 0.735. The second-order valence-corrected chi connectivity index (χ2v) is 4.38. The summed E-state index contributed by atoms with van der Waals surface area (Å²) in [6.45, 7) is 7.42. The Hall–Kier alpha value is -0.410. The molecule has 1 unspecified atom stereocenters. The molecule has 0 aromatic carbocycles. The second-order valence-electron chi connectivity index (χ2n) is 3.31. The molecule has 0 saturated heterocycles. The highest BCUT2D eigenvalue weighted by molar-refractivity contribution is 7.99. The van der Waals surface area contributed by atoms with Gasteiger partial charge in [0.25, 0.3) is 0 Å². The minimum Gasteiger partial charge on any atom is -0.468 e. The molecular weight excluding hydrogens is 194 g/mol. The molecule has 0 bridgehead atoms. The van der Waals surface area contributed by atoms with Gasteiger partial charge in [-0.05, 0) is 26.0 Å². The maximum Gasteiger partial charge on any atom is 0.114 e. The van der Waals surface area contributed by atoms with Gasteiger partial charge in [0.05, 0.1) is 6.26 Å². The number of thioether (sulfide) groups is 1. The number of hydrogen-bond donors (Lipinski definition) is 1. The van der Waals surface area contributed by atoms with Crippen molar-refractivity contribution in [2.45, 2.75) is 38.1 Å². The molecule has 1 N–H and O–H groups in total. The molecule has 0 aliphatic heterocycles. The molecule has 1 atom stereocenters. The van der Waals surface area contributed by atoms with Crippen molar-refractivity contribution in [1.29, 1.82) is 0 Å². The molecule has 3 heteroatoms. The fourth-order valence-corrected chi connectivity index (χ4v) is 2.46. The second kappa shape index (κ2) is 6.14. The molecule has 0 saturated carbocycles. The summed E-state index contributed by atoms with van der Waals surface area (Å²) >= 11 is 1.87. The highest BCUT2D eigenvalue weighted by Crippen LogP contribution is 2.23. The van der Waals surface area contributed by atoms with Gasteiger partial charge in [0, 0.05) is 16.7 Å². The summed E-state index contributed by atoms with van der Waals surface area (Å²) in [4.78, 5) is 1.27. The molecule has 0 aliphatic carbocycles. The van der Waals surface area contributed by atoms with E-state index in [0.29, 0.717) is 6.04 Å². The summed E-state index contributed by atoms with van der Waals surface area (Å²) in [5.74, 6) is 2.14. The van der Waals surface area contributed by atoms with E-state index in [0.717, 1.165) is 18.1 Å². The molecule has 80 valence electrons. The highest BCUT2D eigenvalue weighted by Gasteiger charge is 2.07. The zero-order valence-electron chi connectivity index (χ0n) is 9.17. The first-order valence-electron chi connectivity index (χ1n) is 5.18. The van der Waals surface area contributed by atoms with Crippen LogP contribution in [-0.2, 0) is 0 Å². The Morgan fingerprint density at radius 2 is 2.29 bits per heavy atom. The topological polar surface area (TPSA) is 25.2 Å². The van der Waals surface area contributed by atoms with Gasteiger partial charge in [-0.3, -0.25) is 0 Å². The minimum atomic E-state index is 0.610. The van der Waals surface area contributed by atoms with Gasteiger partial charge in [0.2, 0.25) is 0 Å². The van der Waals surface area contributed by atoms with Crippen LogP contribution in [0.4, 0.5) is 0 Å². The van der Waals surface area contributed by atoms with Gasteiger partial charge in [-0.2, -0.15) is 0 Å². The first kappa shape index (κ1) is 11.7. The molecule has 1 rings (SSSR count). The Labute approximate surface area is 90.5 Å². The summed E-state index contributed by atoms with van der Waals surface area (Å²) in [7, 11) is 0. The van der Waals surface area contributed by atoms with E-state index in [1.165, 1.54) is 11.3 Å². The third-order valence-electron chi connectivity index (χ3n) is 2.24. The third-order valence-corrected chi connectivity index (χ3v) is 3.54. The van der Waals surface area contributed by atoms with Gasteiger partial charge in [0.15, 0.2) is 0 Å². The summed E-state index contributed by atoms with van der Waals surface area (Å²) in [6.07, 6.45) is 2.93. The average Bonchev–Trinajstić information content (AvgIpc) is 2.59.